The first-order valence-corrected chi connectivity index (χ1v) is 8.98. The predicted molar refractivity (Wildman–Crippen MR) is 91.0 cm³/mol. The lowest BCUT2D eigenvalue weighted by Gasteiger charge is -2.48. The average Bonchev–Trinajstić information content (AvgIpc) is 2.90. The van der Waals surface area contributed by atoms with Gasteiger partial charge in [-0.25, -0.2) is 4.79 Å². The summed E-state index contributed by atoms with van der Waals surface area (Å²) in [6, 6.07) is -0.745. The number of aromatic nitrogens is 1. The molecule has 0 unspecified atom stereocenters. The molecule has 1 amide bonds. The predicted octanol–water partition coefficient (Wildman–Crippen LogP) is 1.97. The summed E-state index contributed by atoms with van der Waals surface area (Å²) in [6.07, 6.45) is 3.31. The molecule has 7 nitrogen and oxygen atoms in total. The van der Waals surface area contributed by atoms with Crippen LogP contribution in [0.15, 0.2) is 4.52 Å². The molecule has 7 heteroatoms. The number of aliphatic carboxylic acids is 1. The van der Waals surface area contributed by atoms with E-state index in [0.717, 1.165) is 55.9 Å². The first-order chi connectivity index (χ1) is 11.8. The number of nitrogens with zero attached hydrogens (tertiary/aromatic N) is 3. The fourth-order valence-electron chi connectivity index (χ4n) is 4.08. The normalized spacial score (nSPS) is 22.4. The number of hydrogen-bond acceptors (Lipinski definition) is 5. The fraction of sp³-hybridized carbons (Fsp3) is 0.722. The number of rotatable bonds is 4. The second-order valence-electron chi connectivity index (χ2n) is 7.61. The van der Waals surface area contributed by atoms with Crippen molar-refractivity contribution in [2.75, 3.05) is 19.6 Å². The van der Waals surface area contributed by atoms with Crippen LogP contribution in [0.4, 0.5) is 0 Å². The van der Waals surface area contributed by atoms with E-state index in [9.17, 15) is 14.7 Å². The van der Waals surface area contributed by atoms with Gasteiger partial charge in [0.2, 0.25) is 5.91 Å². The number of likely N-dealkylation sites (tertiary alicyclic amines) is 2. The molecule has 0 aliphatic carbocycles. The van der Waals surface area contributed by atoms with E-state index in [0.29, 0.717) is 13.0 Å². The quantitative estimate of drug-likeness (QED) is 0.894. The number of carboxylic acids is 1. The van der Waals surface area contributed by atoms with Gasteiger partial charge in [0.15, 0.2) is 0 Å². The molecule has 2 aliphatic rings. The van der Waals surface area contributed by atoms with Crippen LogP contribution in [0.5, 0.6) is 0 Å². The number of carbonyl (C=O) groups is 2. The topological polar surface area (TPSA) is 86.9 Å². The van der Waals surface area contributed by atoms with Gasteiger partial charge in [-0.15, -0.1) is 0 Å². The Bertz CT molecular complexity index is 642. The Kier molecular flexibility index (Phi) is 4.86. The Labute approximate surface area is 147 Å². The van der Waals surface area contributed by atoms with Gasteiger partial charge in [0, 0.05) is 25.1 Å². The summed E-state index contributed by atoms with van der Waals surface area (Å²) < 4.78 is 5.24. The summed E-state index contributed by atoms with van der Waals surface area (Å²) in [5.41, 5.74) is 2.17. The van der Waals surface area contributed by atoms with Crippen molar-refractivity contribution in [1.29, 1.82) is 0 Å². The van der Waals surface area contributed by atoms with Crippen molar-refractivity contribution in [3.63, 3.8) is 0 Å². The minimum Gasteiger partial charge on any atom is -0.480 e. The van der Waals surface area contributed by atoms with E-state index in [1.165, 1.54) is 0 Å². The average molecular weight is 349 g/mol. The third-order valence-electron chi connectivity index (χ3n) is 6.00. The van der Waals surface area contributed by atoms with E-state index in [1.807, 2.05) is 13.8 Å². The van der Waals surface area contributed by atoms with Crippen molar-refractivity contribution < 1.29 is 19.2 Å². The van der Waals surface area contributed by atoms with Crippen LogP contribution in [0.1, 0.15) is 49.6 Å². The number of amides is 1. The molecule has 1 aromatic heterocycles. The molecule has 2 aliphatic heterocycles. The van der Waals surface area contributed by atoms with Crippen LogP contribution < -0.4 is 0 Å². The zero-order chi connectivity index (χ0) is 18.2. The Hall–Kier alpha value is -1.89. The SMILES string of the molecule is Cc1noc(C)c1CN1CCC2(CCC(=O)N([C@@H](C)C(=O)O)C2)CC1. The number of carboxylic acid groups (broad SMARTS) is 1. The molecule has 2 fully saturated rings. The van der Waals surface area contributed by atoms with E-state index < -0.39 is 12.0 Å². The summed E-state index contributed by atoms with van der Waals surface area (Å²) in [6.45, 7) is 8.82. The highest BCUT2D eigenvalue weighted by molar-refractivity contribution is 5.84. The van der Waals surface area contributed by atoms with Gasteiger partial charge >= 0.3 is 5.97 Å². The van der Waals surface area contributed by atoms with E-state index in [-0.39, 0.29) is 11.3 Å². The molecule has 0 radical (unpaired) electrons. The summed E-state index contributed by atoms with van der Waals surface area (Å²) in [5, 5.41) is 13.3. The van der Waals surface area contributed by atoms with Crippen molar-refractivity contribution in [3.05, 3.63) is 17.0 Å². The highest BCUT2D eigenvalue weighted by Gasteiger charge is 2.43. The van der Waals surface area contributed by atoms with E-state index in [1.54, 1.807) is 11.8 Å². The minimum atomic E-state index is -0.929. The molecule has 0 bridgehead atoms. The van der Waals surface area contributed by atoms with Crippen molar-refractivity contribution in [2.24, 2.45) is 5.41 Å². The van der Waals surface area contributed by atoms with Gasteiger partial charge in [-0.1, -0.05) is 5.16 Å². The molecule has 0 saturated carbocycles. The zero-order valence-electron chi connectivity index (χ0n) is 15.2. The molecule has 3 rings (SSSR count). The monoisotopic (exact) mass is 349 g/mol. The van der Waals surface area contributed by atoms with E-state index >= 15 is 0 Å². The molecular formula is C18H27N3O4. The molecule has 1 spiro atoms. The van der Waals surface area contributed by atoms with Crippen molar-refractivity contribution in [3.8, 4) is 0 Å². The maximum atomic E-state index is 12.2. The molecule has 25 heavy (non-hydrogen) atoms. The van der Waals surface area contributed by atoms with Gasteiger partial charge in [0.1, 0.15) is 11.8 Å². The number of aryl methyl sites for hydroxylation is 2. The van der Waals surface area contributed by atoms with Gasteiger partial charge in [0.25, 0.3) is 0 Å². The van der Waals surface area contributed by atoms with Gasteiger partial charge < -0.3 is 14.5 Å². The Balaban J connectivity index is 1.62. The van der Waals surface area contributed by atoms with Crippen molar-refractivity contribution >= 4 is 11.9 Å². The Morgan fingerprint density at radius 3 is 2.56 bits per heavy atom. The first-order valence-electron chi connectivity index (χ1n) is 8.98. The third kappa shape index (κ3) is 3.56. The lowest BCUT2D eigenvalue weighted by atomic mass is 9.72. The van der Waals surface area contributed by atoms with Crippen LogP contribution in [-0.2, 0) is 16.1 Å². The maximum Gasteiger partial charge on any atom is 0.326 e. The Morgan fingerprint density at radius 2 is 2.00 bits per heavy atom. The molecule has 0 aromatic carbocycles. The molecule has 1 aromatic rings. The molecule has 3 heterocycles. The summed E-state index contributed by atoms with van der Waals surface area (Å²) in [4.78, 5) is 27.4. The fourth-order valence-corrected chi connectivity index (χ4v) is 4.08. The highest BCUT2D eigenvalue weighted by Crippen LogP contribution is 2.41. The van der Waals surface area contributed by atoms with Gasteiger partial charge in [-0.3, -0.25) is 9.69 Å². The van der Waals surface area contributed by atoms with Crippen LogP contribution in [0.3, 0.4) is 0 Å². The molecule has 2 saturated heterocycles. The first kappa shape index (κ1) is 17.9. The van der Waals surface area contributed by atoms with E-state index in [2.05, 4.69) is 10.1 Å². The largest absolute Gasteiger partial charge is 0.480 e. The summed E-state index contributed by atoms with van der Waals surface area (Å²) in [5.74, 6) is -0.0811. The van der Waals surface area contributed by atoms with Crippen molar-refractivity contribution in [1.82, 2.24) is 15.0 Å². The van der Waals surface area contributed by atoms with Gasteiger partial charge in [-0.05, 0) is 58.5 Å². The molecule has 1 N–H and O–H groups in total. The highest BCUT2D eigenvalue weighted by atomic mass is 16.5. The number of hydrogen-bond donors (Lipinski definition) is 1. The molecular weight excluding hydrogens is 322 g/mol. The lowest BCUT2D eigenvalue weighted by molar-refractivity contribution is -0.155. The standard InChI is InChI=1S/C18H27N3O4/c1-12-15(14(3)25-19-12)10-20-8-6-18(7-9-20)5-4-16(22)21(11-18)13(2)17(23)24/h13H,4-11H2,1-3H3,(H,23,24)/t13-/m0/s1. The van der Waals surface area contributed by atoms with Crippen LogP contribution in [-0.4, -0.2) is 57.6 Å². The molecule has 1 atom stereocenters. The van der Waals surface area contributed by atoms with Crippen LogP contribution in [0.25, 0.3) is 0 Å². The third-order valence-corrected chi connectivity index (χ3v) is 6.00. The summed E-state index contributed by atoms with van der Waals surface area (Å²) >= 11 is 0. The number of piperidine rings is 2. The zero-order valence-corrected chi connectivity index (χ0v) is 15.2. The van der Waals surface area contributed by atoms with E-state index in [4.69, 9.17) is 4.52 Å². The van der Waals surface area contributed by atoms with Crippen molar-refractivity contribution in [2.45, 2.75) is 59.0 Å². The van der Waals surface area contributed by atoms with Gasteiger partial charge in [-0.2, -0.15) is 0 Å². The van der Waals surface area contributed by atoms with Crippen LogP contribution >= 0.6 is 0 Å². The molecule has 138 valence electrons. The smallest absolute Gasteiger partial charge is 0.326 e. The van der Waals surface area contributed by atoms with Gasteiger partial charge in [0.05, 0.1) is 5.69 Å². The number of carbonyl (C=O) groups excluding carboxylic acids is 1. The Morgan fingerprint density at radius 1 is 1.32 bits per heavy atom. The lowest BCUT2D eigenvalue weighted by Crippen LogP contribution is -2.55. The second-order valence-corrected chi connectivity index (χ2v) is 7.61. The van der Waals surface area contributed by atoms with Crippen LogP contribution in [0, 0.1) is 19.3 Å². The second kappa shape index (κ2) is 6.78. The summed E-state index contributed by atoms with van der Waals surface area (Å²) in [7, 11) is 0. The minimum absolute atomic E-state index is 0.0290. The maximum absolute atomic E-state index is 12.2. The van der Waals surface area contributed by atoms with Crippen LogP contribution in [0.2, 0.25) is 0 Å².